The predicted molar refractivity (Wildman–Crippen MR) is 138 cm³/mol. The van der Waals surface area contributed by atoms with Crippen LogP contribution in [0.3, 0.4) is 0 Å². The van der Waals surface area contributed by atoms with Crippen molar-refractivity contribution in [1.82, 2.24) is 0 Å². The first kappa shape index (κ1) is 26.9. The summed E-state index contributed by atoms with van der Waals surface area (Å²) in [7, 11) is 3.12. The first-order valence-electron chi connectivity index (χ1n) is 11.3. The Labute approximate surface area is 219 Å². The van der Waals surface area contributed by atoms with Gasteiger partial charge in [-0.25, -0.2) is 0 Å². The van der Waals surface area contributed by atoms with Crippen LogP contribution >= 0.6 is 7.60 Å². The summed E-state index contributed by atoms with van der Waals surface area (Å²) in [5, 5.41) is 0.597. The van der Waals surface area contributed by atoms with Crippen LogP contribution in [0.25, 0.3) is 22.1 Å². The summed E-state index contributed by atoms with van der Waals surface area (Å²) in [6, 6.07) is 12.9. The number of methoxy groups -OCH3 is 5. The molecule has 0 saturated heterocycles. The zero-order chi connectivity index (χ0) is 27.6. The van der Waals surface area contributed by atoms with Gasteiger partial charge in [0.15, 0.2) is 36.4 Å². The van der Waals surface area contributed by atoms with Crippen LogP contribution in [0.1, 0.15) is 16.1 Å². The van der Waals surface area contributed by atoms with Crippen molar-refractivity contribution in [2.75, 3.05) is 42.2 Å². The Morgan fingerprint density at radius 1 is 0.789 bits per heavy atom. The highest BCUT2D eigenvalue weighted by Gasteiger charge is 2.27. The number of benzene rings is 3. The number of hydrogen-bond acceptors (Lipinski definition) is 10. The van der Waals surface area contributed by atoms with Crippen LogP contribution in [0.2, 0.25) is 0 Å². The number of ketones is 1. The summed E-state index contributed by atoms with van der Waals surface area (Å²) in [6.45, 7) is 0.956. The molecule has 1 heterocycles. The number of rotatable bonds is 10. The summed E-state index contributed by atoms with van der Waals surface area (Å²) in [4.78, 5) is 25.8. The SMILES string of the molecule is COc1ccc2c(-c3ccc(OC)c(OP(C)(=O)[O-])c3)c(C(=O)c3cc(OC)c(OC)c(OC)c3)oc2c1. The second-order valence-corrected chi connectivity index (χ2v) is 9.86. The minimum atomic E-state index is -4.16. The third kappa shape index (κ3) is 5.14. The number of furan rings is 1. The van der Waals surface area contributed by atoms with E-state index in [0.717, 1.165) is 6.66 Å². The van der Waals surface area contributed by atoms with Crippen molar-refractivity contribution in [3.8, 4) is 45.6 Å². The van der Waals surface area contributed by atoms with Crippen LogP contribution in [-0.2, 0) is 4.57 Å². The van der Waals surface area contributed by atoms with Crippen molar-refractivity contribution in [3.05, 3.63) is 59.9 Å². The molecule has 0 aliphatic carbocycles. The normalized spacial score (nSPS) is 12.5. The van der Waals surface area contributed by atoms with Crippen molar-refractivity contribution in [1.29, 1.82) is 0 Å². The lowest BCUT2D eigenvalue weighted by molar-refractivity contribution is -0.189. The second kappa shape index (κ2) is 10.7. The minimum Gasteiger partial charge on any atom is -0.769 e. The van der Waals surface area contributed by atoms with Crippen LogP contribution in [0.4, 0.5) is 0 Å². The van der Waals surface area contributed by atoms with E-state index in [0.29, 0.717) is 45.1 Å². The lowest BCUT2D eigenvalue weighted by Crippen LogP contribution is -2.06. The van der Waals surface area contributed by atoms with Gasteiger partial charge in [0.1, 0.15) is 11.3 Å². The van der Waals surface area contributed by atoms with Crippen LogP contribution in [0, 0.1) is 0 Å². The van der Waals surface area contributed by atoms with Crippen molar-refractivity contribution in [2.24, 2.45) is 0 Å². The van der Waals surface area contributed by atoms with Gasteiger partial charge in [0.2, 0.25) is 11.5 Å². The smallest absolute Gasteiger partial charge is 0.229 e. The van der Waals surface area contributed by atoms with E-state index in [1.165, 1.54) is 53.7 Å². The van der Waals surface area contributed by atoms with Crippen molar-refractivity contribution in [2.45, 2.75) is 0 Å². The summed E-state index contributed by atoms with van der Waals surface area (Å²) in [5.41, 5.74) is 1.49. The zero-order valence-electron chi connectivity index (χ0n) is 21.6. The molecule has 0 saturated carbocycles. The molecule has 1 unspecified atom stereocenters. The van der Waals surface area contributed by atoms with Gasteiger partial charge in [0, 0.05) is 29.2 Å². The van der Waals surface area contributed by atoms with Gasteiger partial charge >= 0.3 is 0 Å². The Hall–Kier alpha value is -4.14. The fourth-order valence-electron chi connectivity index (χ4n) is 4.08. The molecule has 0 N–H and O–H groups in total. The molecule has 38 heavy (non-hydrogen) atoms. The Morgan fingerprint density at radius 3 is 2.00 bits per heavy atom. The largest absolute Gasteiger partial charge is 0.769 e. The van der Waals surface area contributed by atoms with E-state index in [9.17, 15) is 14.3 Å². The maximum atomic E-state index is 13.9. The van der Waals surface area contributed by atoms with E-state index >= 15 is 0 Å². The Balaban J connectivity index is 1.97. The predicted octanol–water partition coefficient (Wildman–Crippen LogP) is 4.94. The van der Waals surface area contributed by atoms with Crippen molar-refractivity contribution < 1.29 is 46.9 Å². The molecule has 1 atom stereocenters. The van der Waals surface area contributed by atoms with Gasteiger partial charge in [-0.2, -0.15) is 0 Å². The Morgan fingerprint density at radius 2 is 1.45 bits per heavy atom. The molecule has 200 valence electrons. The number of hydrogen-bond donors (Lipinski definition) is 0. The third-order valence-corrected chi connectivity index (χ3v) is 6.28. The molecular formula is C27H26O10P-. The number of carbonyl (C=O) groups excluding carboxylic acids is 1. The molecule has 4 rings (SSSR count). The number of carbonyl (C=O) groups is 1. The van der Waals surface area contributed by atoms with Crippen LogP contribution < -0.4 is 33.1 Å². The first-order valence-corrected chi connectivity index (χ1v) is 13.2. The number of fused-ring (bicyclic) bond motifs is 1. The maximum Gasteiger partial charge on any atom is 0.229 e. The van der Waals surface area contributed by atoms with E-state index in [1.54, 1.807) is 30.3 Å². The second-order valence-electron chi connectivity index (χ2n) is 8.14. The zero-order valence-corrected chi connectivity index (χ0v) is 22.5. The standard InChI is InChI=1S/C27H27O10P/c1-31-17-8-9-18-20(14-17)36-27(25(28)16-12-22(33-3)26(35-5)23(13-16)34-4)24(18)15-7-10-19(32-2)21(11-15)37-38(6,29)30/h7-14H,1-6H3,(H,29,30)/p-1. The highest BCUT2D eigenvalue weighted by atomic mass is 31.2. The van der Waals surface area contributed by atoms with Gasteiger partial charge in [-0.15, -0.1) is 0 Å². The molecule has 3 aromatic carbocycles. The van der Waals surface area contributed by atoms with Crippen molar-refractivity contribution >= 4 is 24.3 Å². The molecule has 11 heteroatoms. The van der Waals surface area contributed by atoms with Gasteiger partial charge in [-0.05, 0) is 42.0 Å². The molecule has 0 spiro atoms. The van der Waals surface area contributed by atoms with E-state index < -0.39 is 13.4 Å². The van der Waals surface area contributed by atoms with Crippen molar-refractivity contribution in [3.63, 3.8) is 0 Å². The topological polar surface area (TPSA) is 126 Å². The van der Waals surface area contributed by atoms with Gasteiger partial charge in [-0.1, -0.05) is 6.07 Å². The first-order chi connectivity index (χ1) is 18.1. The Bertz CT molecular complexity index is 1520. The molecule has 0 aliphatic rings. The monoisotopic (exact) mass is 541 g/mol. The molecular weight excluding hydrogens is 515 g/mol. The molecule has 4 aromatic rings. The molecule has 1 aromatic heterocycles. The third-order valence-electron chi connectivity index (χ3n) is 5.75. The van der Waals surface area contributed by atoms with Crippen LogP contribution in [-0.4, -0.2) is 48.0 Å². The van der Waals surface area contributed by atoms with Gasteiger partial charge in [-0.3, -0.25) is 9.36 Å². The van der Waals surface area contributed by atoms with Crippen LogP contribution in [0.15, 0.2) is 52.9 Å². The number of ether oxygens (including phenoxy) is 5. The van der Waals surface area contributed by atoms with Gasteiger partial charge in [0.05, 0.1) is 35.5 Å². The average Bonchev–Trinajstić information content (AvgIpc) is 3.29. The summed E-state index contributed by atoms with van der Waals surface area (Å²) >= 11 is 0. The van der Waals surface area contributed by atoms with Crippen LogP contribution in [0.5, 0.6) is 34.5 Å². The Kier molecular flexibility index (Phi) is 7.57. The molecule has 0 fully saturated rings. The van der Waals surface area contributed by atoms with E-state index in [4.69, 9.17) is 32.6 Å². The summed E-state index contributed by atoms with van der Waals surface area (Å²) < 4.78 is 49.9. The lowest BCUT2D eigenvalue weighted by atomic mass is 9.97. The quantitative estimate of drug-likeness (QED) is 0.201. The highest BCUT2D eigenvalue weighted by Crippen LogP contribution is 2.45. The fourth-order valence-corrected chi connectivity index (χ4v) is 4.58. The van der Waals surface area contributed by atoms with E-state index in [1.807, 2.05) is 0 Å². The summed E-state index contributed by atoms with van der Waals surface area (Å²) in [5.74, 6) is 1.16. The van der Waals surface area contributed by atoms with E-state index in [2.05, 4.69) is 0 Å². The van der Waals surface area contributed by atoms with Gasteiger partial charge in [0.25, 0.3) is 0 Å². The highest BCUT2D eigenvalue weighted by molar-refractivity contribution is 7.50. The molecule has 10 nitrogen and oxygen atoms in total. The fraction of sp³-hybridized carbons (Fsp3) is 0.222. The maximum absolute atomic E-state index is 13.9. The van der Waals surface area contributed by atoms with E-state index in [-0.39, 0.29) is 22.8 Å². The lowest BCUT2D eigenvalue weighted by Gasteiger charge is -2.21. The minimum absolute atomic E-state index is 0.000414. The molecule has 0 amide bonds. The van der Waals surface area contributed by atoms with Gasteiger partial charge < -0.3 is 37.5 Å². The summed E-state index contributed by atoms with van der Waals surface area (Å²) in [6.07, 6.45) is 0. The molecule has 0 aliphatic heterocycles. The molecule has 0 bridgehead atoms. The molecule has 0 radical (unpaired) electrons. The average molecular weight is 541 g/mol.